The summed E-state index contributed by atoms with van der Waals surface area (Å²) in [5.41, 5.74) is 10.6. The van der Waals surface area contributed by atoms with Gasteiger partial charge in [0.15, 0.2) is 11.6 Å². The maximum atomic E-state index is 6.30. The molecule has 2 heterocycles. The summed E-state index contributed by atoms with van der Waals surface area (Å²) in [7, 11) is 0. The molecule has 2 aromatic heterocycles. The minimum Gasteiger partial charge on any atom is -0.435 e. The van der Waals surface area contributed by atoms with Crippen LogP contribution in [-0.4, -0.2) is 15.0 Å². The van der Waals surface area contributed by atoms with Crippen molar-refractivity contribution in [2.75, 3.05) is 11.1 Å². The molecule has 4 aromatic rings. The Kier molecular flexibility index (Phi) is 4.83. The number of ether oxygens (including phenoxy) is 1. The van der Waals surface area contributed by atoms with Crippen molar-refractivity contribution in [1.82, 2.24) is 15.0 Å². The predicted molar refractivity (Wildman–Crippen MR) is 115 cm³/mol. The van der Waals surface area contributed by atoms with Gasteiger partial charge in [-0.2, -0.15) is 4.98 Å². The molecule has 3 N–H and O–H groups in total. The third kappa shape index (κ3) is 3.36. The highest BCUT2D eigenvalue weighted by atomic mass is 79.9. The second-order valence-corrected chi connectivity index (χ2v) is 7.22. The molecule has 0 fully saturated rings. The van der Waals surface area contributed by atoms with E-state index in [9.17, 15) is 0 Å². The Balaban J connectivity index is 1.70. The molecule has 7 heteroatoms. The van der Waals surface area contributed by atoms with Gasteiger partial charge in [0.2, 0.25) is 5.88 Å². The topological polar surface area (TPSA) is 86.0 Å². The Morgan fingerprint density at radius 1 is 1.00 bits per heavy atom. The van der Waals surface area contributed by atoms with Gasteiger partial charge in [-0.3, -0.25) is 4.98 Å². The summed E-state index contributed by atoms with van der Waals surface area (Å²) in [6.07, 6.45) is 3.14. The number of hydrogen-bond acceptors (Lipinski definition) is 6. The van der Waals surface area contributed by atoms with Crippen LogP contribution >= 0.6 is 15.9 Å². The van der Waals surface area contributed by atoms with E-state index in [2.05, 4.69) is 49.2 Å². The number of nitrogens with two attached hydrogens (primary N) is 1. The summed E-state index contributed by atoms with van der Waals surface area (Å²) in [5.74, 6) is 1.34. The molecule has 2 aromatic carbocycles. The lowest BCUT2D eigenvalue weighted by Crippen LogP contribution is -2.04. The maximum Gasteiger partial charge on any atom is 0.248 e. The van der Waals surface area contributed by atoms with Crippen LogP contribution in [-0.2, 0) is 0 Å². The van der Waals surface area contributed by atoms with Gasteiger partial charge in [0.25, 0.3) is 0 Å². The minimum absolute atomic E-state index is 0.275. The fourth-order valence-electron chi connectivity index (χ4n) is 2.87. The number of pyridine rings is 1. The van der Waals surface area contributed by atoms with E-state index < -0.39 is 0 Å². The molecule has 140 valence electrons. The third-order valence-electron chi connectivity index (χ3n) is 4.59. The van der Waals surface area contributed by atoms with Crippen LogP contribution in [0.4, 0.5) is 17.2 Å². The second-order valence-electron chi connectivity index (χ2n) is 6.36. The van der Waals surface area contributed by atoms with Crippen LogP contribution in [0, 0.1) is 13.8 Å². The van der Waals surface area contributed by atoms with Gasteiger partial charge in [-0.1, -0.05) is 34.1 Å². The molecule has 0 aliphatic heterocycles. The fraction of sp³-hybridized carbons (Fsp3) is 0.0952. The number of nitrogens with one attached hydrogen (secondary N) is 1. The molecule has 0 saturated heterocycles. The van der Waals surface area contributed by atoms with E-state index >= 15 is 0 Å². The van der Waals surface area contributed by atoms with Crippen molar-refractivity contribution in [3.05, 3.63) is 70.6 Å². The van der Waals surface area contributed by atoms with Crippen LogP contribution < -0.4 is 15.8 Å². The molecule has 4 rings (SSSR count). The number of anilines is 3. The van der Waals surface area contributed by atoms with E-state index in [1.165, 1.54) is 11.9 Å². The van der Waals surface area contributed by atoms with Crippen LogP contribution in [0.25, 0.3) is 10.9 Å². The lowest BCUT2D eigenvalue weighted by atomic mass is 10.1. The van der Waals surface area contributed by atoms with Crippen molar-refractivity contribution in [3.63, 3.8) is 0 Å². The average Bonchev–Trinajstić information content (AvgIpc) is 2.70. The van der Waals surface area contributed by atoms with Crippen molar-refractivity contribution in [2.45, 2.75) is 13.8 Å². The zero-order valence-electron chi connectivity index (χ0n) is 15.4. The van der Waals surface area contributed by atoms with Gasteiger partial charge in [-0.25, -0.2) is 4.98 Å². The van der Waals surface area contributed by atoms with Gasteiger partial charge in [0.05, 0.1) is 0 Å². The van der Waals surface area contributed by atoms with Gasteiger partial charge >= 0.3 is 0 Å². The van der Waals surface area contributed by atoms with Crippen molar-refractivity contribution in [1.29, 1.82) is 0 Å². The van der Waals surface area contributed by atoms with Crippen LogP contribution in [0.1, 0.15) is 11.1 Å². The molecule has 0 atom stereocenters. The Bertz CT molecular complexity index is 1180. The zero-order valence-corrected chi connectivity index (χ0v) is 17.0. The number of aryl methyl sites for hydroxylation is 1. The summed E-state index contributed by atoms with van der Waals surface area (Å²) in [5, 5.41) is 4.22. The molecule has 0 bridgehead atoms. The molecule has 0 spiro atoms. The Morgan fingerprint density at radius 3 is 2.71 bits per heavy atom. The number of aromatic nitrogens is 3. The van der Waals surface area contributed by atoms with Gasteiger partial charge in [-0.05, 0) is 49.2 Å². The van der Waals surface area contributed by atoms with Gasteiger partial charge < -0.3 is 15.8 Å². The number of rotatable bonds is 4. The summed E-state index contributed by atoms with van der Waals surface area (Å²) >= 11 is 3.54. The fourth-order valence-corrected chi connectivity index (χ4v) is 3.32. The zero-order chi connectivity index (χ0) is 19.7. The summed E-state index contributed by atoms with van der Waals surface area (Å²) in [4.78, 5) is 12.9. The van der Waals surface area contributed by atoms with E-state index in [0.717, 1.165) is 26.6 Å². The Labute approximate surface area is 170 Å². The second kappa shape index (κ2) is 7.44. The molecular weight excluding hydrogens is 418 g/mol. The maximum absolute atomic E-state index is 6.30. The highest BCUT2D eigenvalue weighted by Crippen LogP contribution is 2.36. The third-order valence-corrected chi connectivity index (χ3v) is 5.28. The highest BCUT2D eigenvalue weighted by molar-refractivity contribution is 9.10. The monoisotopic (exact) mass is 435 g/mol. The number of nitrogen functional groups attached to an aromatic ring is 1. The van der Waals surface area contributed by atoms with Crippen molar-refractivity contribution < 1.29 is 4.74 Å². The molecule has 28 heavy (non-hydrogen) atoms. The van der Waals surface area contributed by atoms with Crippen LogP contribution in [0.2, 0.25) is 0 Å². The molecule has 0 radical (unpaired) electrons. The first kappa shape index (κ1) is 18.2. The van der Waals surface area contributed by atoms with Crippen LogP contribution in [0.5, 0.6) is 11.6 Å². The molecule has 0 aliphatic rings. The smallest absolute Gasteiger partial charge is 0.248 e. The van der Waals surface area contributed by atoms with Crippen molar-refractivity contribution >= 4 is 44.0 Å². The van der Waals surface area contributed by atoms with E-state index in [0.29, 0.717) is 17.3 Å². The standard InChI is InChI=1S/C21H18BrN5O/c1-12-5-3-7-16(13(12)2)27-20-18(23)21(26-11-25-20)28-17-9-8-15(22)14-6-4-10-24-19(14)17/h3-11H,23H2,1-2H3,(H,25,26,27). The molecule has 0 unspecified atom stereocenters. The number of nitrogens with zero attached hydrogens (tertiary/aromatic N) is 3. The van der Waals surface area contributed by atoms with Gasteiger partial charge in [-0.15, -0.1) is 0 Å². The van der Waals surface area contributed by atoms with Gasteiger partial charge in [0, 0.05) is 21.7 Å². The van der Waals surface area contributed by atoms with E-state index in [-0.39, 0.29) is 5.88 Å². The van der Waals surface area contributed by atoms with Crippen LogP contribution in [0.15, 0.2) is 59.5 Å². The van der Waals surface area contributed by atoms with E-state index in [1.807, 2.05) is 43.3 Å². The summed E-state index contributed by atoms with van der Waals surface area (Å²) < 4.78 is 6.95. The van der Waals surface area contributed by atoms with Crippen molar-refractivity contribution in [3.8, 4) is 11.6 Å². The summed E-state index contributed by atoms with van der Waals surface area (Å²) in [6.45, 7) is 4.11. The molecule has 0 aliphatic carbocycles. The lowest BCUT2D eigenvalue weighted by molar-refractivity contribution is 0.469. The number of benzene rings is 2. The highest BCUT2D eigenvalue weighted by Gasteiger charge is 2.14. The molecule has 0 saturated carbocycles. The first-order valence-corrected chi connectivity index (χ1v) is 9.48. The van der Waals surface area contributed by atoms with E-state index in [1.54, 1.807) is 6.20 Å². The summed E-state index contributed by atoms with van der Waals surface area (Å²) in [6, 6.07) is 13.6. The normalized spacial score (nSPS) is 10.8. The molecule has 0 amide bonds. The minimum atomic E-state index is 0.275. The van der Waals surface area contributed by atoms with Gasteiger partial charge in [0.1, 0.15) is 17.5 Å². The predicted octanol–water partition coefficient (Wildman–Crippen LogP) is 5.52. The van der Waals surface area contributed by atoms with Crippen LogP contribution in [0.3, 0.4) is 0 Å². The number of hydrogen-bond donors (Lipinski definition) is 2. The Morgan fingerprint density at radius 2 is 1.86 bits per heavy atom. The van der Waals surface area contributed by atoms with Crippen molar-refractivity contribution in [2.24, 2.45) is 0 Å². The first-order valence-electron chi connectivity index (χ1n) is 8.69. The SMILES string of the molecule is Cc1cccc(Nc2ncnc(Oc3ccc(Br)c4cccnc34)c2N)c1C. The largest absolute Gasteiger partial charge is 0.435 e. The average molecular weight is 436 g/mol. The number of halogens is 1. The molecule has 6 nitrogen and oxygen atoms in total. The Hall–Kier alpha value is -3.19. The molecular formula is C21H18BrN5O. The quantitative estimate of drug-likeness (QED) is 0.438. The lowest BCUT2D eigenvalue weighted by Gasteiger charge is -2.14. The number of fused-ring (bicyclic) bond motifs is 1. The van der Waals surface area contributed by atoms with E-state index in [4.69, 9.17) is 10.5 Å². The first-order chi connectivity index (χ1) is 13.5.